The number of fused-ring (bicyclic) bond motifs is 1. The Labute approximate surface area is 208 Å². The van der Waals surface area contributed by atoms with E-state index < -0.39 is 52.9 Å². The number of aliphatic carboxylic acids is 1. The Balaban J connectivity index is 1.64. The predicted molar refractivity (Wildman–Crippen MR) is 128 cm³/mol. The third kappa shape index (κ3) is 5.50. The minimum atomic E-state index is -1.29. The normalized spacial score (nSPS) is 13.0. The zero-order chi connectivity index (χ0) is 26.5. The van der Waals surface area contributed by atoms with Crippen LogP contribution >= 0.6 is 0 Å². The summed E-state index contributed by atoms with van der Waals surface area (Å²) in [6.07, 6.45) is 6.82. The molecule has 0 bridgehead atoms. The lowest BCUT2D eigenvalue weighted by Gasteiger charge is -2.18. The molecule has 1 aromatic heterocycles. The van der Waals surface area contributed by atoms with Gasteiger partial charge in [0.2, 0.25) is 11.2 Å². The van der Waals surface area contributed by atoms with Gasteiger partial charge < -0.3 is 35.1 Å². The topological polar surface area (TPSA) is 187 Å². The van der Waals surface area contributed by atoms with E-state index in [4.69, 9.17) is 14.3 Å². The summed E-state index contributed by atoms with van der Waals surface area (Å²) in [7, 11) is 0. The van der Waals surface area contributed by atoms with E-state index in [1.54, 1.807) is 6.08 Å². The minimum absolute atomic E-state index is 0.150. The van der Waals surface area contributed by atoms with Crippen molar-refractivity contribution in [2.75, 3.05) is 13.2 Å². The molecule has 0 spiro atoms. The van der Waals surface area contributed by atoms with Crippen molar-refractivity contribution >= 4 is 28.8 Å². The smallest absolute Gasteiger partial charge is 0.341 e. The summed E-state index contributed by atoms with van der Waals surface area (Å²) in [5.74, 6) is -3.66. The van der Waals surface area contributed by atoms with Crippen LogP contribution in [-0.4, -0.2) is 46.3 Å². The lowest BCUT2D eigenvalue weighted by molar-refractivity contribution is -0.139. The Kier molecular flexibility index (Phi) is 7.03. The number of rotatable bonds is 8. The minimum Gasteiger partial charge on any atom is -0.504 e. The Morgan fingerprint density at radius 1 is 1.14 bits per heavy atom. The average molecular weight is 506 g/mol. The first-order valence-electron chi connectivity index (χ1n) is 10.8. The van der Waals surface area contributed by atoms with Gasteiger partial charge in [-0.05, 0) is 29.8 Å². The van der Waals surface area contributed by atoms with E-state index in [2.05, 4.69) is 22.0 Å². The maximum atomic E-state index is 13.1. The van der Waals surface area contributed by atoms with Gasteiger partial charge >= 0.3 is 5.97 Å². The van der Waals surface area contributed by atoms with Gasteiger partial charge in [0, 0.05) is 0 Å². The summed E-state index contributed by atoms with van der Waals surface area (Å²) in [6, 6.07) is 6.77. The maximum absolute atomic E-state index is 13.1. The lowest BCUT2D eigenvalue weighted by Crippen LogP contribution is -2.41. The number of carbonyl (C=O) groups is 3. The van der Waals surface area contributed by atoms with Gasteiger partial charge in [-0.1, -0.05) is 12.1 Å². The Hall–Kier alpha value is -5.35. The molecule has 6 N–H and O–H groups in total. The number of carboxylic acid groups (broad SMARTS) is 1. The summed E-state index contributed by atoms with van der Waals surface area (Å²) in [5.41, 5.74) is -0.857. The van der Waals surface area contributed by atoms with Crippen LogP contribution in [0.5, 0.6) is 17.2 Å². The Morgan fingerprint density at radius 2 is 1.89 bits per heavy atom. The Morgan fingerprint density at radius 3 is 2.57 bits per heavy atom. The fraction of sp³-hybridized carbons (Fsp3) is 0.120. The second-order valence-corrected chi connectivity index (χ2v) is 7.75. The van der Waals surface area contributed by atoms with Gasteiger partial charge in [-0.25, -0.2) is 4.79 Å². The molecule has 0 saturated heterocycles. The van der Waals surface area contributed by atoms with Crippen LogP contribution in [0.2, 0.25) is 0 Å². The number of benzene rings is 2. The van der Waals surface area contributed by atoms with Gasteiger partial charge in [0.25, 0.3) is 17.5 Å². The van der Waals surface area contributed by atoms with E-state index in [1.807, 2.05) is 0 Å². The second kappa shape index (κ2) is 10.5. The highest BCUT2D eigenvalue weighted by Gasteiger charge is 2.28. The van der Waals surface area contributed by atoms with Crippen LogP contribution in [0.25, 0.3) is 11.0 Å². The van der Waals surface area contributed by atoms with E-state index in [9.17, 15) is 29.4 Å². The lowest BCUT2D eigenvalue weighted by atomic mass is 10.0. The number of hydrogen-bond acceptors (Lipinski definition) is 9. The highest BCUT2D eigenvalue weighted by molar-refractivity contribution is 6.00. The first kappa shape index (κ1) is 24.8. The van der Waals surface area contributed by atoms with Gasteiger partial charge in [0.1, 0.15) is 42.4 Å². The van der Waals surface area contributed by atoms with Gasteiger partial charge in [-0.15, -0.1) is 0 Å². The van der Waals surface area contributed by atoms with Crippen molar-refractivity contribution in [3.05, 3.63) is 88.1 Å². The summed E-state index contributed by atoms with van der Waals surface area (Å²) < 4.78 is 10.3. The molecule has 0 aliphatic carbocycles. The van der Waals surface area contributed by atoms with Crippen LogP contribution in [-0.2, 0) is 9.59 Å². The van der Waals surface area contributed by atoms with Gasteiger partial charge in [-0.2, -0.15) is 0 Å². The molecule has 1 aliphatic heterocycles. The highest BCUT2D eigenvalue weighted by atomic mass is 16.5. The SMILES string of the molecule is O=C(O)COc1ccc(C(NC(=O)c2coc3c(O)c(O)ccc3c2=O)C(=O)NC2=CCNC=[C+]2)cc1. The number of ether oxygens (including phenoxy) is 1. The highest BCUT2D eigenvalue weighted by Crippen LogP contribution is 2.32. The van der Waals surface area contributed by atoms with Crippen molar-refractivity contribution in [3.63, 3.8) is 0 Å². The van der Waals surface area contributed by atoms with Crippen molar-refractivity contribution in [3.8, 4) is 17.2 Å². The average Bonchev–Trinajstić information content (AvgIpc) is 2.89. The number of aromatic hydroxyl groups is 2. The van der Waals surface area contributed by atoms with Crippen molar-refractivity contribution in [1.29, 1.82) is 0 Å². The number of hydrogen-bond donors (Lipinski definition) is 6. The molecule has 188 valence electrons. The zero-order valence-corrected chi connectivity index (χ0v) is 19.0. The van der Waals surface area contributed by atoms with Crippen LogP contribution in [0, 0.1) is 6.08 Å². The second-order valence-electron chi connectivity index (χ2n) is 7.75. The molecule has 4 rings (SSSR count). The molecule has 1 unspecified atom stereocenters. The van der Waals surface area contributed by atoms with Crippen LogP contribution in [0.15, 0.2) is 69.8 Å². The number of nitrogens with one attached hydrogen (secondary N) is 3. The van der Waals surface area contributed by atoms with Crippen molar-refractivity contribution in [1.82, 2.24) is 16.0 Å². The first-order chi connectivity index (χ1) is 17.7. The quantitative estimate of drug-likeness (QED) is 0.190. The van der Waals surface area contributed by atoms with Gasteiger partial charge in [-0.3, -0.25) is 19.7 Å². The molecule has 12 heteroatoms. The molecular formula is C25H20N3O9+. The molecule has 37 heavy (non-hydrogen) atoms. The number of phenolic OH excluding ortho intramolecular Hbond substituents is 2. The van der Waals surface area contributed by atoms with Crippen molar-refractivity contribution in [2.24, 2.45) is 0 Å². The van der Waals surface area contributed by atoms with Gasteiger partial charge in [0.05, 0.1) is 11.5 Å². The molecular weight excluding hydrogens is 486 g/mol. The van der Waals surface area contributed by atoms with Gasteiger partial charge in [0.15, 0.2) is 17.9 Å². The van der Waals surface area contributed by atoms with E-state index in [0.29, 0.717) is 17.8 Å². The third-order valence-corrected chi connectivity index (χ3v) is 5.26. The molecule has 0 radical (unpaired) electrons. The summed E-state index contributed by atoms with van der Waals surface area (Å²) in [6.45, 7) is -0.106. The molecule has 1 atom stereocenters. The molecule has 2 amide bonds. The molecule has 3 aromatic rings. The fourth-order valence-corrected chi connectivity index (χ4v) is 3.44. The summed E-state index contributed by atoms with van der Waals surface area (Å²) >= 11 is 0. The Bertz CT molecular complexity index is 1490. The van der Waals surface area contributed by atoms with E-state index >= 15 is 0 Å². The third-order valence-electron chi connectivity index (χ3n) is 5.26. The molecule has 1 aliphatic rings. The molecule has 0 saturated carbocycles. The zero-order valence-electron chi connectivity index (χ0n) is 19.0. The fourth-order valence-electron chi connectivity index (χ4n) is 3.44. The maximum Gasteiger partial charge on any atom is 0.341 e. The van der Waals surface area contributed by atoms with Crippen LogP contribution in [0.1, 0.15) is 22.0 Å². The molecule has 2 aromatic carbocycles. The summed E-state index contributed by atoms with van der Waals surface area (Å²) in [5, 5.41) is 36.2. The van der Waals surface area contributed by atoms with E-state index in [0.717, 1.165) is 12.3 Å². The monoisotopic (exact) mass is 506 g/mol. The number of dihydropyridines is 1. The first-order valence-corrected chi connectivity index (χ1v) is 10.8. The van der Waals surface area contributed by atoms with Crippen molar-refractivity contribution in [2.45, 2.75) is 6.04 Å². The van der Waals surface area contributed by atoms with E-state index in [-0.39, 0.29) is 16.7 Å². The summed E-state index contributed by atoms with van der Waals surface area (Å²) in [4.78, 5) is 49.9. The van der Waals surface area contributed by atoms with Crippen LogP contribution in [0.4, 0.5) is 0 Å². The number of carbonyl (C=O) groups excluding carboxylic acids is 2. The molecule has 2 heterocycles. The number of carboxylic acids is 1. The predicted octanol–water partition coefficient (Wildman–Crippen LogP) is 1.06. The number of phenols is 2. The van der Waals surface area contributed by atoms with E-state index in [1.165, 1.54) is 36.5 Å². The van der Waals surface area contributed by atoms with Crippen LogP contribution in [0.3, 0.4) is 0 Å². The number of amides is 2. The number of allylic oxidation sites excluding steroid dienone is 1. The standard InChI is InChI=1S/C25H19N3O9/c29-18-6-5-16-21(32)17(11-37-23(16)22(18)33)24(34)28-20(25(35)27-14-7-9-26-10-8-14)13-1-3-15(4-2-13)36-12-19(30)31/h1-7,10-11,20,26H,9,12H2,(H4-,27,28,29,30,31,32,33,34,35)/p+1. The van der Waals surface area contributed by atoms with Crippen molar-refractivity contribution < 1.29 is 38.9 Å². The molecule has 0 fully saturated rings. The largest absolute Gasteiger partial charge is 0.504 e. The van der Waals surface area contributed by atoms with Crippen LogP contribution < -0.4 is 26.1 Å². The molecule has 12 nitrogen and oxygen atoms in total.